The Morgan fingerprint density at radius 1 is 1.40 bits per heavy atom. The van der Waals surface area contributed by atoms with E-state index in [1.54, 1.807) is 6.20 Å². The van der Waals surface area contributed by atoms with Crippen molar-refractivity contribution in [3.63, 3.8) is 0 Å². The number of nitrogens with one attached hydrogen (secondary N) is 1. The third kappa shape index (κ3) is 2.84. The molecule has 1 aliphatic rings. The number of carboxylic acids is 1. The molecule has 0 atom stereocenters. The number of aliphatic carboxylic acids is 1. The molecular weight excluding hydrogens is 258 g/mol. The molecule has 1 saturated carbocycles. The average molecular weight is 279 g/mol. The van der Waals surface area contributed by atoms with Crippen LogP contribution in [0.5, 0.6) is 0 Å². The number of anilines is 1. The lowest BCUT2D eigenvalue weighted by Gasteiger charge is -2.29. The molecule has 0 bridgehead atoms. The Hall–Kier alpha value is -1.85. The van der Waals surface area contributed by atoms with Crippen molar-refractivity contribution < 1.29 is 9.90 Å². The van der Waals surface area contributed by atoms with Gasteiger partial charge in [-0.15, -0.1) is 0 Å². The van der Waals surface area contributed by atoms with Crippen molar-refractivity contribution >= 4 is 11.8 Å². The fourth-order valence-corrected chi connectivity index (χ4v) is 2.73. The second-order valence-corrected chi connectivity index (χ2v) is 5.29. The summed E-state index contributed by atoms with van der Waals surface area (Å²) in [6.07, 6.45) is 7.99. The molecular formula is C14H21N3O3. The third-order valence-electron chi connectivity index (χ3n) is 3.98. The van der Waals surface area contributed by atoms with E-state index in [2.05, 4.69) is 10.3 Å². The molecule has 0 radical (unpaired) electrons. The van der Waals surface area contributed by atoms with E-state index in [0.29, 0.717) is 19.4 Å². The second kappa shape index (κ2) is 6.07. The van der Waals surface area contributed by atoms with E-state index in [9.17, 15) is 14.7 Å². The third-order valence-corrected chi connectivity index (χ3v) is 3.98. The largest absolute Gasteiger partial charge is 0.480 e. The number of hydrogen-bond acceptors (Lipinski definition) is 4. The first-order valence-corrected chi connectivity index (χ1v) is 7.16. The lowest BCUT2D eigenvalue weighted by Crippen LogP contribution is -2.47. The molecule has 6 heteroatoms. The van der Waals surface area contributed by atoms with Crippen LogP contribution < -0.4 is 10.9 Å². The minimum Gasteiger partial charge on any atom is -0.480 e. The molecule has 110 valence electrons. The van der Waals surface area contributed by atoms with Crippen LogP contribution in [-0.4, -0.2) is 26.2 Å². The Bertz CT molecular complexity index is 531. The van der Waals surface area contributed by atoms with Gasteiger partial charge in [-0.3, -0.25) is 4.79 Å². The van der Waals surface area contributed by atoms with Gasteiger partial charge >= 0.3 is 5.97 Å². The van der Waals surface area contributed by atoms with Crippen molar-refractivity contribution in [3.05, 3.63) is 22.7 Å². The number of carboxylic acid groups (broad SMARTS) is 1. The Morgan fingerprint density at radius 2 is 2.05 bits per heavy atom. The fourth-order valence-electron chi connectivity index (χ4n) is 2.73. The summed E-state index contributed by atoms with van der Waals surface area (Å²) in [6.45, 7) is 2.40. The number of carbonyl (C=O) groups is 1. The molecule has 0 unspecified atom stereocenters. The van der Waals surface area contributed by atoms with Crippen LogP contribution in [0.25, 0.3) is 0 Å². The van der Waals surface area contributed by atoms with Crippen LogP contribution in [0.1, 0.15) is 45.4 Å². The van der Waals surface area contributed by atoms with Crippen LogP contribution in [0, 0.1) is 0 Å². The van der Waals surface area contributed by atoms with Crippen molar-refractivity contribution in [2.75, 3.05) is 5.32 Å². The number of aromatic nitrogens is 2. The maximum atomic E-state index is 12.2. The van der Waals surface area contributed by atoms with Crippen LogP contribution in [0.15, 0.2) is 17.2 Å². The van der Waals surface area contributed by atoms with E-state index >= 15 is 0 Å². The highest BCUT2D eigenvalue weighted by atomic mass is 16.4. The van der Waals surface area contributed by atoms with Crippen molar-refractivity contribution in [2.24, 2.45) is 0 Å². The maximum absolute atomic E-state index is 12.2. The highest BCUT2D eigenvalue weighted by Crippen LogP contribution is 2.29. The van der Waals surface area contributed by atoms with Gasteiger partial charge in [-0.25, -0.2) is 9.78 Å². The predicted molar refractivity (Wildman–Crippen MR) is 75.9 cm³/mol. The lowest BCUT2D eigenvalue weighted by atomic mass is 9.90. The first-order valence-electron chi connectivity index (χ1n) is 7.16. The number of aryl methyl sites for hydroxylation is 1. The van der Waals surface area contributed by atoms with Crippen LogP contribution >= 0.6 is 0 Å². The van der Waals surface area contributed by atoms with E-state index in [-0.39, 0.29) is 11.4 Å². The molecule has 1 aliphatic carbocycles. The highest BCUT2D eigenvalue weighted by molar-refractivity contribution is 5.82. The molecule has 6 nitrogen and oxygen atoms in total. The summed E-state index contributed by atoms with van der Waals surface area (Å²) in [7, 11) is 0. The normalized spacial score (nSPS) is 18.2. The average Bonchev–Trinajstić information content (AvgIpc) is 2.68. The van der Waals surface area contributed by atoms with Crippen molar-refractivity contribution in [2.45, 2.75) is 57.5 Å². The maximum Gasteiger partial charge on any atom is 0.329 e. The van der Waals surface area contributed by atoms with Gasteiger partial charge in [-0.2, -0.15) is 0 Å². The molecule has 20 heavy (non-hydrogen) atoms. The Labute approximate surface area is 117 Å². The smallest absolute Gasteiger partial charge is 0.329 e. The molecule has 0 aliphatic heterocycles. The van der Waals surface area contributed by atoms with Crippen molar-refractivity contribution in [1.29, 1.82) is 0 Å². The highest BCUT2D eigenvalue weighted by Gasteiger charge is 2.39. The molecule has 0 spiro atoms. The molecule has 0 saturated heterocycles. The van der Waals surface area contributed by atoms with Gasteiger partial charge < -0.3 is 15.0 Å². The molecule has 0 amide bonds. The van der Waals surface area contributed by atoms with Crippen molar-refractivity contribution in [3.8, 4) is 0 Å². The predicted octanol–water partition coefficient (Wildman–Crippen LogP) is 1.85. The zero-order valence-electron chi connectivity index (χ0n) is 11.8. The van der Waals surface area contributed by atoms with E-state index in [1.165, 1.54) is 10.8 Å². The zero-order chi connectivity index (χ0) is 14.6. The SMILES string of the molecule is CCn1ccnc(NC2(C(=O)O)CCCCCC2)c1=O. The second-order valence-electron chi connectivity index (χ2n) is 5.29. The number of nitrogens with zero attached hydrogens (tertiary/aromatic N) is 2. The van der Waals surface area contributed by atoms with E-state index in [1.807, 2.05) is 6.92 Å². The summed E-state index contributed by atoms with van der Waals surface area (Å²) < 4.78 is 1.52. The van der Waals surface area contributed by atoms with Gasteiger partial charge in [-0.05, 0) is 19.8 Å². The number of rotatable bonds is 4. The van der Waals surface area contributed by atoms with Gasteiger partial charge in [0.15, 0.2) is 5.82 Å². The standard InChI is InChI=1S/C14H21N3O3/c1-2-17-10-9-15-11(12(17)18)16-14(13(19)20)7-5-3-4-6-8-14/h9-10H,2-8H2,1H3,(H,15,16)(H,19,20). The van der Waals surface area contributed by atoms with Gasteiger partial charge in [0.1, 0.15) is 5.54 Å². The molecule has 0 aromatic carbocycles. The van der Waals surface area contributed by atoms with Gasteiger partial charge in [0, 0.05) is 18.9 Å². The molecule has 2 rings (SSSR count). The lowest BCUT2D eigenvalue weighted by molar-refractivity contribution is -0.142. The van der Waals surface area contributed by atoms with Gasteiger partial charge in [0.25, 0.3) is 5.56 Å². The first kappa shape index (κ1) is 14.6. The summed E-state index contributed by atoms with van der Waals surface area (Å²) in [5.74, 6) is -0.758. The van der Waals surface area contributed by atoms with Gasteiger partial charge in [0.2, 0.25) is 0 Å². The summed E-state index contributed by atoms with van der Waals surface area (Å²) >= 11 is 0. The molecule has 1 aromatic heterocycles. The summed E-state index contributed by atoms with van der Waals surface area (Å²) in [4.78, 5) is 27.9. The fraction of sp³-hybridized carbons (Fsp3) is 0.643. The van der Waals surface area contributed by atoms with Crippen molar-refractivity contribution in [1.82, 2.24) is 9.55 Å². The van der Waals surface area contributed by atoms with Crippen LogP contribution in [0.4, 0.5) is 5.82 Å². The quantitative estimate of drug-likeness (QED) is 0.822. The minimum atomic E-state index is -1.06. The van der Waals surface area contributed by atoms with E-state index in [0.717, 1.165) is 25.7 Å². The number of hydrogen-bond donors (Lipinski definition) is 2. The van der Waals surface area contributed by atoms with E-state index < -0.39 is 11.5 Å². The zero-order valence-corrected chi connectivity index (χ0v) is 11.8. The summed E-state index contributed by atoms with van der Waals surface area (Å²) in [5.41, 5.74) is -1.32. The van der Waals surface area contributed by atoms with Gasteiger partial charge in [0.05, 0.1) is 0 Å². The minimum absolute atomic E-state index is 0.138. The van der Waals surface area contributed by atoms with E-state index in [4.69, 9.17) is 0 Å². The topological polar surface area (TPSA) is 84.2 Å². The Balaban J connectivity index is 2.33. The Morgan fingerprint density at radius 3 is 2.60 bits per heavy atom. The Kier molecular flexibility index (Phi) is 4.42. The molecule has 1 fully saturated rings. The first-order chi connectivity index (χ1) is 9.59. The van der Waals surface area contributed by atoms with Gasteiger partial charge in [-0.1, -0.05) is 25.7 Å². The molecule has 1 heterocycles. The summed E-state index contributed by atoms with van der Waals surface area (Å²) in [5, 5.41) is 12.5. The molecule has 1 aromatic rings. The van der Waals surface area contributed by atoms with Crippen LogP contribution in [0.3, 0.4) is 0 Å². The summed E-state index contributed by atoms with van der Waals surface area (Å²) in [6, 6.07) is 0. The van der Waals surface area contributed by atoms with Crippen LogP contribution in [-0.2, 0) is 11.3 Å². The monoisotopic (exact) mass is 279 g/mol. The van der Waals surface area contributed by atoms with Crippen LogP contribution in [0.2, 0.25) is 0 Å². The molecule has 2 N–H and O–H groups in total.